The lowest BCUT2D eigenvalue weighted by molar-refractivity contribution is -0.117. The summed E-state index contributed by atoms with van der Waals surface area (Å²) in [6, 6.07) is 9.11. The molecular weight excluding hydrogens is 188 g/mol. The molecule has 0 aromatic heterocycles. The number of benzene rings is 1. The molecule has 2 atom stereocenters. The van der Waals surface area contributed by atoms with Gasteiger partial charge in [-0.3, -0.25) is 4.79 Å². The van der Waals surface area contributed by atoms with Gasteiger partial charge in [-0.05, 0) is 24.5 Å². The molecule has 76 valence electrons. The van der Waals surface area contributed by atoms with Crippen LogP contribution in [0.3, 0.4) is 0 Å². The second-order valence-corrected chi connectivity index (χ2v) is 3.97. The molecule has 1 aliphatic rings. The summed E-state index contributed by atoms with van der Waals surface area (Å²) in [5.41, 5.74) is 1.13. The van der Waals surface area contributed by atoms with Gasteiger partial charge in [0.15, 0.2) is 0 Å². The SMILES string of the molecule is C[C@H]1C[C@@H]1C(=O)Nc1ccccc1C#N. The summed E-state index contributed by atoms with van der Waals surface area (Å²) in [4.78, 5) is 11.6. The van der Waals surface area contributed by atoms with Gasteiger partial charge in [-0.2, -0.15) is 5.26 Å². The molecule has 1 aromatic rings. The molecule has 1 aliphatic carbocycles. The van der Waals surface area contributed by atoms with Crippen molar-refractivity contribution in [3.05, 3.63) is 29.8 Å². The fraction of sp³-hybridized carbons (Fsp3) is 0.333. The first-order chi connectivity index (χ1) is 7.22. The predicted molar refractivity (Wildman–Crippen MR) is 57.1 cm³/mol. The number of nitrogens with one attached hydrogen (secondary N) is 1. The summed E-state index contributed by atoms with van der Waals surface area (Å²) in [6.45, 7) is 2.06. The minimum Gasteiger partial charge on any atom is -0.325 e. The van der Waals surface area contributed by atoms with Gasteiger partial charge in [0.1, 0.15) is 6.07 Å². The van der Waals surface area contributed by atoms with Crippen LogP contribution in [0, 0.1) is 23.2 Å². The largest absolute Gasteiger partial charge is 0.325 e. The second kappa shape index (κ2) is 3.74. The summed E-state index contributed by atoms with van der Waals surface area (Å²) in [7, 11) is 0. The van der Waals surface area contributed by atoms with Gasteiger partial charge in [0, 0.05) is 5.92 Å². The number of nitriles is 1. The van der Waals surface area contributed by atoms with Crippen LogP contribution < -0.4 is 5.32 Å². The molecule has 3 nitrogen and oxygen atoms in total. The van der Waals surface area contributed by atoms with Crippen LogP contribution in [-0.2, 0) is 4.79 Å². The maximum Gasteiger partial charge on any atom is 0.227 e. The van der Waals surface area contributed by atoms with Crippen molar-refractivity contribution < 1.29 is 4.79 Å². The van der Waals surface area contributed by atoms with E-state index in [9.17, 15) is 4.79 Å². The van der Waals surface area contributed by atoms with Gasteiger partial charge in [0.25, 0.3) is 0 Å². The smallest absolute Gasteiger partial charge is 0.227 e. The Morgan fingerprint density at radius 1 is 1.53 bits per heavy atom. The fourth-order valence-electron chi connectivity index (χ4n) is 1.60. The van der Waals surface area contributed by atoms with Crippen LogP contribution in [0.1, 0.15) is 18.9 Å². The van der Waals surface area contributed by atoms with E-state index in [4.69, 9.17) is 5.26 Å². The van der Waals surface area contributed by atoms with Gasteiger partial charge in [-0.25, -0.2) is 0 Å². The number of hydrogen-bond acceptors (Lipinski definition) is 2. The van der Waals surface area contributed by atoms with Gasteiger partial charge in [-0.1, -0.05) is 19.1 Å². The molecule has 1 amide bonds. The first-order valence-electron chi connectivity index (χ1n) is 5.02. The predicted octanol–water partition coefficient (Wildman–Crippen LogP) is 2.15. The Morgan fingerprint density at radius 2 is 2.20 bits per heavy atom. The van der Waals surface area contributed by atoms with Crippen molar-refractivity contribution in [3.63, 3.8) is 0 Å². The third-order valence-electron chi connectivity index (χ3n) is 2.75. The Bertz CT molecular complexity index is 433. The summed E-state index contributed by atoms with van der Waals surface area (Å²) in [5.74, 6) is 0.654. The molecule has 2 rings (SSSR count). The number of amides is 1. The molecule has 1 saturated carbocycles. The number of hydrogen-bond donors (Lipinski definition) is 1. The maximum atomic E-state index is 11.6. The van der Waals surface area contributed by atoms with E-state index < -0.39 is 0 Å². The lowest BCUT2D eigenvalue weighted by atomic mass is 10.2. The molecule has 0 heterocycles. The van der Waals surface area contributed by atoms with Crippen LogP contribution >= 0.6 is 0 Å². The van der Waals surface area contributed by atoms with Crippen molar-refractivity contribution in [2.24, 2.45) is 11.8 Å². The highest BCUT2D eigenvalue weighted by molar-refractivity contribution is 5.95. The monoisotopic (exact) mass is 200 g/mol. The van der Waals surface area contributed by atoms with E-state index in [2.05, 4.69) is 18.3 Å². The van der Waals surface area contributed by atoms with Crippen LogP contribution in [0.4, 0.5) is 5.69 Å². The van der Waals surface area contributed by atoms with Crippen molar-refractivity contribution in [1.82, 2.24) is 0 Å². The lowest BCUT2D eigenvalue weighted by Crippen LogP contribution is -2.15. The number of nitrogens with zero attached hydrogens (tertiary/aromatic N) is 1. The molecule has 0 unspecified atom stereocenters. The molecule has 0 aliphatic heterocycles. The Morgan fingerprint density at radius 3 is 2.80 bits per heavy atom. The molecule has 0 radical (unpaired) electrons. The highest BCUT2D eigenvalue weighted by Crippen LogP contribution is 2.38. The minimum absolute atomic E-state index is 0.0326. The van der Waals surface area contributed by atoms with Gasteiger partial charge >= 0.3 is 0 Å². The average molecular weight is 200 g/mol. The standard InChI is InChI=1S/C12H12N2O/c1-8-6-10(8)12(15)14-11-5-3-2-4-9(11)7-13/h2-5,8,10H,6H2,1H3,(H,14,15)/t8-,10-/m0/s1. The van der Waals surface area contributed by atoms with Crippen molar-refractivity contribution in [2.75, 3.05) is 5.32 Å². The molecule has 0 bridgehead atoms. The molecule has 1 N–H and O–H groups in total. The van der Waals surface area contributed by atoms with E-state index in [1.165, 1.54) is 0 Å². The highest BCUT2D eigenvalue weighted by Gasteiger charge is 2.39. The van der Waals surface area contributed by atoms with Gasteiger partial charge in [-0.15, -0.1) is 0 Å². The van der Waals surface area contributed by atoms with E-state index >= 15 is 0 Å². The molecule has 0 spiro atoms. The van der Waals surface area contributed by atoms with Gasteiger partial charge < -0.3 is 5.32 Å². The molecular formula is C12H12N2O. The molecule has 3 heteroatoms. The zero-order chi connectivity index (χ0) is 10.8. The summed E-state index contributed by atoms with van der Waals surface area (Å²) < 4.78 is 0. The van der Waals surface area contributed by atoms with Crippen LogP contribution in [0.2, 0.25) is 0 Å². The topological polar surface area (TPSA) is 52.9 Å². The molecule has 1 fully saturated rings. The third kappa shape index (κ3) is 1.99. The fourth-order valence-corrected chi connectivity index (χ4v) is 1.60. The molecule has 0 saturated heterocycles. The number of carbonyl (C=O) groups is 1. The highest BCUT2D eigenvalue weighted by atomic mass is 16.2. The summed E-state index contributed by atoms with van der Waals surface area (Å²) in [6.07, 6.45) is 0.959. The molecule has 15 heavy (non-hydrogen) atoms. The van der Waals surface area contributed by atoms with E-state index in [1.807, 2.05) is 6.07 Å². The van der Waals surface area contributed by atoms with Crippen LogP contribution in [0.15, 0.2) is 24.3 Å². The average Bonchev–Trinajstić information content (AvgIpc) is 2.96. The van der Waals surface area contributed by atoms with E-state index in [1.54, 1.807) is 18.2 Å². The number of rotatable bonds is 2. The Kier molecular flexibility index (Phi) is 2.42. The first kappa shape index (κ1) is 9.72. The second-order valence-electron chi connectivity index (χ2n) is 3.97. The zero-order valence-corrected chi connectivity index (χ0v) is 8.53. The summed E-state index contributed by atoms with van der Waals surface area (Å²) >= 11 is 0. The number of carbonyl (C=O) groups excluding carboxylic acids is 1. The van der Waals surface area contributed by atoms with Crippen LogP contribution in [0.25, 0.3) is 0 Å². The Balaban J connectivity index is 2.11. The van der Waals surface area contributed by atoms with E-state index in [0.29, 0.717) is 17.2 Å². The Hall–Kier alpha value is -1.82. The van der Waals surface area contributed by atoms with Gasteiger partial charge in [0.2, 0.25) is 5.91 Å². The van der Waals surface area contributed by atoms with E-state index in [0.717, 1.165) is 6.42 Å². The van der Waals surface area contributed by atoms with E-state index in [-0.39, 0.29) is 11.8 Å². The maximum absolute atomic E-state index is 11.6. The normalized spacial score (nSPS) is 22.9. The number of para-hydroxylation sites is 1. The zero-order valence-electron chi connectivity index (χ0n) is 8.53. The quantitative estimate of drug-likeness (QED) is 0.795. The first-order valence-corrected chi connectivity index (χ1v) is 5.02. The minimum atomic E-state index is 0.0326. The van der Waals surface area contributed by atoms with Crippen molar-refractivity contribution in [3.8, 4) is 6.07 Å². The van der Waals surface area contributed by atoms with Crippen LogP contribution in [-0.4, -0.2) is 5.91 Å². The van der Waals surface area contributed by atoms with Crippen molar-refractivity contribution >= 4 is 11.6 Å². The van der Waals surface area contributed by atoms with Gasteiger partial charge in [0.05, 0.1) is 11.3 Å². The third-order valence-corrected chi connectivity index (χ3v) is 2.75. The van der Waals surface area contributed by atoms with Crippen LogP contribution in [0.5, 0.6) is 0 Å². The molecule has 1 aromatic carbocycles. The lowest BCUT2D eigenvalue weighted by Gasteiger charge is -2.05. The van der Waals surface area contributed by atoms with Crippen molar-refractivity contribution in [1.29, 1.82) is 5.26 Å². The van der Waals surface area contributed by atoms with Crippen molar-refractivity contribution in [2.45, 2.75) is 13.3 Å². The summed E-state index contributed by atoms with van der Waals surface area (Å²) in [5, 5.41) is 11.6. The Labute approximate surface area is 88.7 Å². The number of anilines is 1.